The van der Waals surface area contributed by atoms with Crippen molar-refractivity contribution in [3.8, 4) is 0 Å². The predicted octanol–water partition coefficient (Wildman–Crippen LogP) is 1.68. The van der Waals surface area contributed by atoms with E-state index in [1.54, 1.807) is 0 Å². The first-order chi connectivity index (χ1) is 13.4. The van der Waals surface area contributed by atoms with Crippen LogP contribution in [0.1, 0.15) is 24.6 Å². The van der Waals surface area contributed by atoms with Crippen molar-refractivity contribution >= 4 is 16.9 Å². The number of fused-ring (bicyclic) bond motifs is 4. The molecule has 3 saturated heterocycles. The number of aliphatic hydroxyl groups excluding tert-OH is 1. The molecule has 4 bridgehead atoms. The van der Waals surface area contributed by atoms with Crippen molar-refractivity contribution in [2.75, 3.05) is 20.3 Å². The van der Waals surface area contributed by atoms with E-state index in [4.69, 9.17) is 4.74 Å². The lowest BCUT2D eigenvalue weighted by atomic mass is 9.54. The van der Waals surface area contributed by atoms with Gasteiger partial charge in [0.15, 0.2) is 5.72 Å². The number of carbonyl (C=O) groups excluding carboxylic acids is 1. The van der Waals surface area contributed by atoms with Crippen molar-refractivity contribution in [2.24, 2.45) is 18.4 Å². The monoisotopic (exact) mass is 382 g/mol. The normalized spacial score (nSPS) is 37.3. The molecule has 148 valence electrons. The number of benzene rings is 1. The second-order valence-corrected chi connectivity index (χ2v) is 8.38. The van der Waals surface area contributed by atoms with Gasteiger partial charge in [0.25, 0.3) is 0 Å². The molecule has 4 aliphatic rings. The molecule has 2 aromatic rings. The molecule has 3 fully saturated rings. The fraction of sp³-hybridized carbons (Fsp3) is 0.500. The molecule has 6 rings (SSSR count). The maximum absolute atomic E-state index is 13.0. The van der Waals surface area contributed by atoms with E-state index in [2.05, 4.69) is 16.7 Å². The maximum atomic E-state index is 13.0. The smallest absolute Gasteiger partial charge is 0.316 e. The average molecular weight is 382 g/mol. The Labute approximate surface area is 164 Å². The van der Waals surface area contributed by atoms with E-state index in [1.807, 2.05) is 37.1 Å². The number of nitrogens with zero attached hydrogens (tertiary/aromatic N) is 2. The number of aromatic nitrogens is 1. The standard InChI is InChI=1S/C22H26N2O4/c1-4-13-11-24-18-9-15-14-7-5-6-8-17(14)23(2)19(15)22(24,27)10-16(13)21(18,12-25)20(26)28-3/h4-8,16,18,25,27H,9-12H2,1-3H3/b13-4+. The van der Waals surface area contributed by atoms with Crippen LogP contribution in [0.15, 0.2) is 35.9 Å². The lowest BCUT2D eigenvalue weighted by Gasteiger charge is -2.65. The summed E-state index contributed by atoms with van der Waals surface area (Å²) in [6, 6.07) is 7.83. The minimum atomic E-state index is -1.16. The van der Waals surface area contributed by atoms with Gasteiger partial charge in [-0.1, -0.05) is 29.8 Å². The highest BCUT2D eigenvalue weighted by Crippen LogP contribution is 2.61. The first kappa shape index (κ1) is 17.9. The van der Waals surface area contributed by atoms with Gasteiger partial charge in [-0.3, -0.25) is 9.69 Å². The Bertz CT molecular complexity index is 1020. The number of aliphatic hydroxyl groups is 2. The molecule has 0 spiro atoms. The van der Waals surface area contributed by atoms with Crippen molar-refractivity contribution in [3.63, 3.8) is 0 Å². The van der Waals surface area contributed by atoms with Crippen molar-refractivity contribution < 1.29 is 19.7 Å². The van der Waals surface area contributed by atoms with Crippen LogP contribution in [0.4, 0.5) is 0 Å². The molecule has 4 aliphatic heterocycles. The fourth-order valence-electron chi connectivity index (χ4n) is 6.31. The maximum Gasteiger partial charge on any atom is 0.316 e. The highest BCUT2D eigenvalue weighted by molar-refractivity contribution is 5.87. The summed E-state index contributed by atoms with van der Waals surface area (Å²) in [4.78, 5) is 15.1. The zero-order chi connectivity index (χ0) is 19.8. The predicted molar refractivity (Wildman–Crippen MR) is 104 cm³/mol. The number of hydrogen-bond acceptors (Lipinski definition) is 5. The van der Waals surface area contributed by atoms with Crippen molar-refractivity contribution in [2.45, 2.75) is 31.5 Å². The molecule has 5 atom stereocenters. The topological polar surface area (TPSA) is 74.9 Å². The Hall–Kier alpha value is -2.15. The van der Waals surface area contributed by atoms with Crippen LogP contribution < -0.4 is 0 Å². The largest absolute Gasteiger partial charge is 0.468 e. The quantitative estimate of drug-likeness (QED) is 0.611. The van der Waals surface area contributed by atoms with Crippen LogP contribution in [-0.4, -0.2) is 52.0 Å². The Balaban J connectivity index is 1.81. The van der Waals surface area contributed by atoms with E-state index < -0.39 is 11.1 Å². The molecule has 28 heavy (non-hydrogen) atoms. The number of hydrogen-bond donors (Lipinski definition) is 2. The summed E-state index contributed by atoms with van der Waals surface area (Å²) in [6.07, 6.45) is 2.99. The summed E-state index contributed by atoms with van der Waals surface area (Å²) in [7, 11) is 3.38. The molecule has 0 radical (unpaired) electrons. The Morgan fingerprint density at radius 1 is 1.39 bits per heavy atom. The summed E-state index contributed by atoms with van der Waals surface area (Å²) in [5.41, 5.74) is 1.94. The van der Waals surface area contributed by atoms with E-state index in [1.165, 1.54) is 7.11 Å². The van der Waals surface area contributed by atoms with Gasteiger partial charge in [-0.05, 0) is 25.0 Å². The zero-order valence-electron chi connectivity index (χ0n) is 16.5. The van der Waals surface area contributed by atoms with Crippen LogP contribution in [0.3, 0.4) is 0 Å². The van der Waals surface area contributed by atoms with Crippen LogP contribution in [0, 0.1) is 11.3 Å². The van der Waals surface area contributed by atoms with E-state index in [9.17, 15) is 15.0 Å². The van der Waals surface area contributed by atoms with Gasteiger partial charge >= 0.3 is 5.97 Å². The first-order valence-electron chi connectivity index (χ1n) is 9.84. The van der Waals surface area contributed by atoms with Crippen molar-refractivity contribution in [3.05, 3.63) is 47.2 Å². The lowest BCUT2D eigenvalue weighted by molar-refractivity contribution is -0.253. The molecule has 1 aromatic carbocycles. The number of methoxy groups -OCH3 is 1. The Kier molecular flexibility index (Phi) is 3.64. The van der Waals surface area contributed by atoms with Gasteiger partial charge in [0.1, 0.15) is 5.41 Å². The molecule has 2 N–H and O–H groups in total. The van der Waals surface area contributed by atoms with E-state index in [0.29, 0.717) is 19.4 Å². The summed E-state index contributed by atoms with van der Waals surface area (Å²) >= 11 is 0. The number of aryl methyl sites for hydroxylation is 1. The summed E-state index contributed by atoms with van der Waals surface area (Å²) < 4.78 is 7.29. The number of esters is 1. The number of piperidine rings is 3. The van der Waals surface area contributed by atoms with Crippen LogP contribution in [0.2, 0.25) is 0 Å². The van der Waals surface area contributed by atoms with Gasteiger partial charge < -0.3 is 19.5 Å². The summed E-state index contributed by atoms with van der Waals surface area (Å²) in [5, 5.41) is 23.6. The molecule has 5 heterocycles. The van der Waals surface area contributed by atoms with Crippen LogP contribution >= 0.6 is 0 Å². The summed E-state index contributed by atoms with van der Waals surface area (Å²) in [6.45, 7) is 2.26. The van der Waals surface area contributed by atoms with Crippen LogP contribution in [0.25, 0.3) is 10.9 Å². The van der Waals surface area contributed by atoms with Crippen molar-refractivity contribution in [1.82, 2.24) is 9.47 Å². The number of carbonyl (C=O) groups is 1. The third-order valence-electron chi connectivity index (χ3n) is 7.54. The molecule has 1 aromatic heterocycles. The minimum Gasteiger partial charge on any atom is -0.468 e. The number of para-hydroxylation sites is 1. The van der Waals surface area contributed by atoms with Crippen molar-refractivity contribution in [1.29, 1.82) is 0 Å². The minimum absolute atomic E-state index is 0.249. The van der Waals surface area contributed by atoms with E-state index in [-0.39, 0.29) is 24.5 Å². The lowest BCUT2D eigenvalue weighted by Crippen LogP contribution is -2.75. The number of rotatable bonds is 2. The molecular weight excluding hydrogens is 356 g/mol. The SMILES string of the molecule is C/C=C1\CN2C3Cc4c(n(C)c5ccccc45)C2(O)CC1C3(CO)C(=O)OC. The third-order valence-corrected chi connectivity index (χ3v) is 7.54. The van der Waals surface area contributed by atoms with Crippen LogP contribution in [0.5, 0.6) is 0 Å². The van der Waals surface area contributed by atoms with E-state index >= 15 is 0 Å². The van der Waals surface area contributed by atoms with Gasteiger partial charge in [-0.15, -0.1) is 0 Å². The van der Waals surface area contributed by atoms with Gasteiger partial charge in [0.05, 0.1) is 19.4 Å². The second kappa shape index (κ2) is 5.69. The number of ether oxygens (including phenoxy) is 1. The molecule has 0 amide bonds. The van der Waals surface area contributed by atoms with Gasteiger partial charge in [-0.25, -0.2) is 0 Å². The zero-order valence-corrected chi connectivity index (χ0v) is 16.5. The molecule has 6 nitrogen and oxygen atoms in total. The van der Waals surface area contributed by atoms with Gasteiger partial charge in [0.2, 0.25) is 0 Å². The highest BCUT2D eigenvalue weighted by atomic mass is 16.5. The molecule has 6 heteroatoms. The van der Waals surface area contributed by atoms with Gasteiger partial charge in [0, 0.05) is 42.9 Å². The molecule has 5 unspecified atom stereocenters. The molecule has 0 saturated carbocycles. The Morgan fingerprint density at radius 3 is 2.82 bits per heavy atom. The Morgan fingerprint density at radius 2 is 2.14 bits per heavy atom. The highest BCUT2D eigenvalue weighted by Gasteiger charge is 2.69. The number of allylic oxidation sites excluding steroid dienone is 1. The third kappa shape index (κ3) is 1.81. The van der Waals surface area contributed by atoms with E-state index in [0.717, 1.165) is 27.7 Å². The fourth-order valence-corrected chi connectivity index (χ4v) is 6.31. The molecular formula is C22H26N2O4. The molecule has 0 aliphatic carbocycles. The summed E-state index contributed by atoms with van der Waals surface area (Å²) in [5.74, 6) is -0.638. The van der Waals surface area contributed by atoms with Crippen LogP contribution in [-0.2, 0) is 28.7 Å². The first-order valence-corrected chi connectivity index (χ1v) is 9.84. The second-order valence-electron chi connectivity index (χ2n) is 8.38. The van der Waals surface area contributed by atoms with Gasteiger partial charge in [-0.2, -0.15) is 0 Å². The average Bonchev–Trinajstić information content (AvgIpc) is 3.00.